The fourth-order valence-corrected chi connectivity index (χ4v) is 3.44. The number of hydrogen-bond acceptors (Lipinski definition) is 3. The van der Waals surface area contributed by atoms with E-state index in [1.54, 1.807) is 0 Å². The zero-order chi connectivity index (χ0) is 14.1. The van der Waals surface area contributed by atoms with Crippen molar-refractivity contribution in [2.75, 3.05) is 33.2 Å². The molecule has 2 aliphatic rings. The molecular formula is C16H23N3O. The van der Waals surface area contributed by atoms with Gasteiger partial charge in [0.25, 0.3) is 0 Å². The Morgan fingerprint density at radius 1 is 1.25 bits per heavy atom. The van der Waals surface area contributed by atoms with Gasteiger partial charge in [0.05, 0.1) is 0 Å². The molecule has 108 valence electrons. The third-order valence-corrected chi connectivity index (χ3v) is 4.69. The van der Waals surface area contributed by atoms with Gasteiger partial charge in [-0.15, -0.1) is 0 Å². The van der Waals surface area contributed by atoms with E-state index in [-0.39, 0.29) is 5.91 Å². The first-order valence-electron chi connectivity index (χ1n) is 7.50. The summed E-state index contributed by atoms with van der Waals surface area (Å²) in [6.45, 7) is 4.48. The van der Waals surface area contributed by atoms with Crippen LogP contribution in [0.3, 0.4) is 0 Å². The fraction of sp³-hybridized carbons (Fsp3) is 0.562. The van der Waals surface area contributed by atoms with Crippen molar-refractivity contribution in [3.63, 3.8) is 0 Å². The lowest BCUT2D eigenvalue weighted by Gasteiger charge is -2.40. The highest BCUT2D eigenvalue weighted by Gasteiger charge is 2.28. The van der Waals surface area contributed by atoms with Crippen LogP contribution in [-0.2, 0) is 6.42 Å². The van der Waals surface area contributed by atoms with Crippen LogP contribution in [0, 0.1) is 0 Å². The molecule has 0 saturated carbocycles. The monoisotopic (exact) mass is 273 g/mol. The first-order valence-corrected chi connectivity index (χ1v) is 7.50. The van der Waals surface area contributed by atoms with Crippen molar-refractivity contribution in [2.45, 2.75) is 25.3 Å². The second kappa shape index (κ2) is 5.54. The molecule has 1 aromatic carbocycles. The standard InChI is InChI=1S/C16H23N3O/c1-18-7-9-19(10-8-18)15-4-2-3-12-5-6-13(16(17)20)11-14(12)15/h5-6,11,15H,2-4,7-10H2,1H3,(H2,17,20). The summed E-state index contributed by atoms with van der Waals surface area (Å²) in [5.41, 5.74) is 8.80. The van der Waals surface area contributed by atoms with E-state index >= 15 is 0 Å². The zero-order valence-electron chi connectivity index (χ0n) is 12.1. The molecule has 1 atom stereocenters. The summed E-state index contributed by atoms with van der Waals surface area (Å²) in [4.78, 5) is 16.4. The third kappa shape index (κ3) is 2.58. The maximum atomic E-state index is 11.4. The Morgan fingerprint density at radius 3 is 2.70 bits per heavy atom. The summed E-state index contributed by atoms with van der Waals surface area (Å²) in [5, 5.41) is 0. The number of likely N-dealkylation sites (N-methyl/N-ethyl adjacent to an activating group) is 1. The molecule has 1 aliphatic heterocycles. The van der Waals surface area contributed by atoms with Crippen LogP contribution in [0.2, 0.25) is 0 Å². The molecule has 0 spiro atoms. The summed E-state index contributed by atoms with van der Waals surface area (Å²) >= 11 is 0. The van der Waals surface area contributed by atoms with Gasteiger partial charge in [-0.1, -0.05) is 6.07 Å². The lowest BCUT2D eigenvalue weighted by atomic mass is 9.85. The van der Waals surface area contributed by atoms with Crippen molar-refractivity contribution in [1.82, 2.24) is 9.80 Å². The number of nitrogens with zero attached hydrogens (tertiary/aromatic N) is 2. The molecule has 1 heterocycles. The van der Waals surface area contributed by atoms with Gasteiger partial charge >= 0.3 is 0 Å². The second-order valence-electron chi connectivity index (χ2n) is 6.03. The highest BCUT2D eigenvalue weighted by Crippen LogP contribution is 2.35. The molecule has 3 rings (SSSR count). The number of rotatable bonds is 2. The Bertz CT molecular complexity index is 506. The third-order valence-electron chi connectivity index (χ3n) is 4.69. The largest absolute Gasteiger partial charge is 0.366 e. The van der Waals surface area contributed by atoms with Gasteiger partial charge in [0.2, 0.25) is 5.91 Å². The second-order valence-corrected chi connectivity index (χ2v) is 6.03. The van der Waals surface area contributed by atoms with Gasteiger partial charge < -0.3 is 10.6 Å². The van der Waals surface area contributed by atoms with E-state index in [2.05, 4.69) is 22.9 Å². The average molecular weight is 273 g/mol. The first-order chi connectivity index (χ1) is 9.65. The van der Waals surface area contributed by atoms with Gasteiger partial charge in [-0.05, 0) is 49.6 Å². The minimum atomic E-state index is -0.324. The number of amides is 1. The number of primary amides is 1. The maximum absolute atomic E-state index is 11.4. The van der Waals surface area contributed by atoms with E-state index in [0.717, 1.165) is 32.6 Å². The summed E-state index contributed by atoms with van der Waals surface area (Å²) in [7, 11) is 2.18. The Morgan fingerprint density at radius 2 is 2.00 bits per heavy atom. The van der Waals surface area contributed by atoms with Crippen LogP contribution in [0.4, 0.5) is 0 Å². The molecule has 1 amide bonds. The summed E-state index contributed by atoms with van der Waals surface area (Å²) < 4.78 is 0. The number of piperazine rings is 1. The van der Waals surface area contributed by atoms with Crippen LogP contribution in [0.5, 0.6) is 0 Å². The summed E-state index contributed by atoms with van der Waals surface area (Å²) in [6.07, 6.45) is 3.55. The van der Waals surface area contributed by atoms with Crippen LogP contribution < -0.4 is 5.73 Å². The quantitative estimate of drug-likeness (QED) is 0.886. The lowest BCUT2D eigenvalue weighted by molar-refractivity contribution is 0.0992. The number of carbonyl (C=O) groups excluding carboxylic acids is 1. The Balaban J connectivity index is 1.88. The maximum Gasteiger partial charge on any atom is 0.248 e. The molecule has 1 saturated heterocycles. The minimum Gasteiger partial charge on any atom is -0.366 e. The average Bonchev–Trinajstić information content (AvgIpc) is 2.47. The predicted octanol–water partition coefficient (Wildman–Crippen LogP) is 1.41. The van der Waals surface area contributed by atoms with Crippen molar-refractivity contribution < 1.29 is 4.79 Å². The smallest absolute Gasteiger partial charge is 0.248 e. The van der Waals surface area contributed by atoms with Crippen molar-refractivity contribution in [3.8, 4) is 0 Å². The van der Waals surface area contributed by atoms with Crippen LogP contribution in [0.1, 0.15) is 40.4 Å². The molecule has 0 radical (unpaired) electrons. The molecule has 20 heavy (non-hydrogen) atoms. The number of benzene rings is 1. The molecule has 4 heteroatoms. The lowest BCUT2D eigenvalue weighted by Crippen LogP contribution is -2.46. The topological polar surface area (TPSA) is 49.6 Å². The van der Waals surface area contributed by atoms with Crippen molar-refractivity contribution in [2.24, 2.45) is 5.73 Å². The van der Waals surface area contributed by atoms with Crippen molar-refractivity contribution >= 4 is 5.91 Å². The van der Waals surface area contributed by atoms with Gasteiger partial charge in [0.15, 0.2) is 0 Å². The van der Waals surface area contributed by atoms with E-state index in [9.17, 15) is 4.79 Å². The van der Waals surface area contributed by atoms with Gasteiger partial charge in [0, 0.05) is 37.8 Å². The fourth-order valence-electron chi connectivity index (χ4n) is 3.44. The van der Waals surface area contributed by atoms with Crippen LogP contribution >= 0.6 is 0 Å². The molecule has 1 aliphatic carbocycles. The van der Waals surface area contributed by atoms with Crippen molar-refractivity contribution in [3.05, 3.63) is 34.9 Å². The highest BCUT2D eigenvalue weighted by atomic mass is 16.1. The van der Waals surface area contributed by atoms with E-state index in [0.29, 0.717) is 11.6 Å². The molecule has 0 aromatic heterocycles. The van der Waals surface area contributed by atoms with E-state index in [1.807, 2.05) is 12.1 Å². The first kappa shape index (κ1) is 13.6. The SMILES string of the molecule is CN1CCN(C2CCCc3ccc(C(N)=O)cc32)CC1. The van der Waals surface area contributed by atoms with Crippen molar-refractivity contribution in [1.29, 1.82) is 0 Å². The Kier molecular flexibility index (Phi) is 3.76. The highest BCUT2D eigenvalue weighted by molar-refractivity contribution is 5.93. The van der Waals surface area contributed by atoms with Crippen LogP contribution in [0.25, 0.3) is 0 Å². The molecular weight excluding hydrogens is 250 g/mol. The predicted molar refractivity (Wildman–Crippen MR) is 79.7 cm³/mol. The number of hydrogen-bond donors (Lipinski definition) is 1. The molecule has 1 aromatic rings. The number of fused-ring (bicyclic) bond motifs is 1. The molecule has 2 N–H and O–H groups in total. The molecule has 1 fully saturated rings. The van der Waals surface area contributed by atoms with Gasteiger partial charge in [-0.2, -0.15) is 0 Å². The van der Waals surface area contributed by atoms with Crippen LogP contribution in [-0.4, -0.2) is 48.9 Å². The number of carbonyl (C=O) groups is 1. The number of nitrogens with two attached hydrogens (primary N) is 1. The van der Waals surface area contributed by atoms with Gasteiger partial charge in [-0.3, -0.25) is 9.69 Å². The number of aryl methyl sites for hydroxylation is 1. The van der Waals surface area contributed by atoms with Gasteiger partial charge in [-0.25, -0.2) is 0 Å². The molecule has 4 nitrogen and oxygen atoms in total. The molecule has 1 unspecified atom stereocenters. The van der Waals surface area contributed by atoms with Gasteiger partial charge in [0.1, 0.15) is 0 Å². The van der Waals surface area contributed by atoms with E-state index in [4.69, 9.17) is 5.73 Å². The Hall–Kier alpha value is -1.39. The normalized spacial score (nSPS) is 24.4. The van der Waals surface area contributed by atoms with E-state index in [1.165, 1.54) is 24.0 Å². The minimum absolute atomic E-state index is 0.324. The molecule has 0 bridgehead atoms. The summed E-state index contributed by atoms with van der Waals surface area (Å²) in [6, 6.07) is 6.46. The summed E-state index contributed by atoms with van der Waals surface area (Å²) in [5.74, 6) is -0.324. The van der Waals surface area contributed by atoms with Crippen LogP contribution in [0.15, 0.2) is 18.2 Å². The zero-order valence-corrected chi connectivity index (χ0v) is 12.1. The Labute approximate surface area is 120 Å². The van der Waals surface area contributed by atoms with E-state index < -0.39 is 0 Å².